The van der Waals surface area contributed by atoms with Crippen LogP contribution in [0.4, 0.5) is 0 Å². The van der Waals surface area contributed by atoms with Crippen LogP contribution >= 0.6 is 11.3 Å². The van der Waals surface area contributed by atoms with Gasteiger partial charge in [-0.1, -0.05) is 0 Å². The van der Waals surface area contributed by atoms with Crippen molar-refractivity contribution < 1.29 is 14.6 Å². The Bertz CT molecular complexity index is 487. The second-order valence-corrected chi connectivity index (χ2v) is 3.74. The van der Waals surface area contributed by atoms with Crippen LogP contribution in [0.2, 0.25) is 0 Å². The van der Waals surface area contributed by atoms with Gasteiger partial charge in [0.05, 0.1) is 12.7 Å². The molecule has 14 heavy (non-hydrogen) atoms. The van der Waals surface area contributed by atoms with Crippen molar-refractivity contribution >= 4 is 27.7 Å². The van der Waals surface area contributed by atoms with Crippen molar-refractivity contribution in [2.24, 2.45) is 0 Å². The summed E-state index contributed by atoms with van der Waals surface area (Å²) in [5, 5.41) is 12.1. The van der Waals surface area contributed by atoms with E-state index in [9.17, 15) is 9.90 Å². The minimum Gasteiger partial charge on any atom is -0.507 e. The number of rotatable bonds is 2. The van der Waals surface area contributed by atoms with Crippen molar-refractivity contribution in [2.45, 2.75) is 0 Å². The summed E-state index contributed by atoms with van der Waals surface area (Å²) in [5.41, 5.74) is 0.307. The summed E-state index contributed by atoms with van der Waals surface area (Å²) < 4.78 is 6.04. The fourth-order valence-corrected chi connectivity index (χ4v) is 2.25. The number of hydrogen-bond acceptors (Lipinski definition) is 4. The van der Waals surface area contributed by atoms with E-state index in [0.29, 0.717) is 11.8 Å². The number of aldehydes is 1. The molecule has 0 fully saturated rings. The SMILES string of the molecule is COc1csc2cc(C=O)c(O)cc12. The van der Waals surface area contributed by atoms with Gasteiger partial charge < -0.3 is 9.84 Å². The van der Waals surface area contributed by atoms with Gasteiger partial charge in [0, 0.05) is 15.5 Å². The molecule has 0 atom stereocenters. The molecule has 1 heterocycles. The van der Waals surface area contributed by atoms with Crippen LogP contribution in [0.3, 0.4) is 0 Å². The van der Waals surface area contributed by atoms with Crippen molar-refractivity contribution in [1.82, 2.24) is 0 Å². The maximum atomic E-state index is 10.6. The molecule has 0 saturated carbocycles. The number of phenolic OH excluding ortho intramolecular Hbond substituents is 1. The smallest absolute Gasteiger partial charge is 0.153 e. The van der Waals surface area contributed by atoms with Crippen molar-refractivity contribution in [2.75, 3.05) is 7.11 Å². The Morgan fingerprint density at radius 1 is 1.50 bits per heavy atom. The average molecular weight is 208 g/mol. The van der Waals surface area contributed by atoms with E-state index in [0.717, 1.165) is 15.8 Å². The quantitative estimate of drug-likeness (QED) is 0.771. The summed E-state index contributed by atoms with van der Waals surface area (Å²) in [4.78, 5) is 10.6. The number of methoxy groups -OCH3 is 1. The summed E-state index contributed by atoms with van der Waals surface area (Å²) in [6, 6.07) is 3.21. The average Bonchev–Trinajstić information content (AvgIpc) is 2.58. The van der Waals surface area contributed by atoms with Gasteiger partial charge in [-0.3, -0.25) is 4.79 Å². The van der Waals surface area contributed by atoms with Crippen LogP contribution in [0.25, 0.3) is 10.1 Å². The first kappa shape index (κ1) is 9.02. The molecule has 1 aromatic carbocycles. The zero-order valence-corrected chi connectivity index (χ0v) is 8.30. The number of fused-ring (bicyclic) bond motifs is 1. The lowest BCUT2D eigenvalue weighted by Gasteiger charge is -1.99. The first-order valence-corrected chi connectivity index (χ1v) is 4.87. The first-order chi connectivity index (χ1) is 6.76. The van der Waals surface area contributed by atoms with Gasteiger partial charge in [0.15, 0.2) is 6.29 Å². The lowest BCUT2D eigenvalue weighted by molar-refractivity contribution is 0.112. The van der Waals surface area contributed by atoms with E-state index in [2.05, 4.69) is 0 Å². The lowest BCUT2D eigenvalue weighted by atomic mass is 10.1. The minimum absolute atomic E-state index is 0.01000. The van der Waals surface area contributed by atoms with E-state index in [4.69, 9.17) is 4.74 Å². The molecule has 0 spiro atoms. The van der Waals surface area contributed by atoms with E-state index >= 15 is 0 Å². The van der Waals surface area contributed by atoms with Gasteiger partial charge in [-0.05, 0) is 12.1 Å². The van der Waals surface area contributed by atoms with E-state index in [-0.39, 0.29) is 5.75 Å². The summed E-state index contributed by atoms with van der Waals surface area (Å²) >= 11 is 1.48. The first-order valence-electron chi connectivity index (χ1n) is 3.99. The number of phenols is 1. The highest BCUT2D eigenvalue weighted by molar-refractivity contribution is 7.17. The maximum Gasteiger partial charge on any atom is 0.153 e. The number of carbonyl (C=O) groups is 1. The van der Waals surface area contributed by atoms with Crippen LogP contribution in [-0.4, -0.2) is 18.5 Å². The van der Waals surface area contributed by atoms with Gasteiger partial charge in [0.1, 0.15) is 11.5 Å². The van der Waals surface area contributed by atoms with E-state index in [1.54, 1.807) is 19.2 Å². The standard InChI is InChI=1S/C10H8O3S/c1-13-9-5-14-10-2-6(4-11)8(12)3-7(9)10/h2-5,12H,1H3. The fourth-order valence-electron chi connectivity index (χ4n) is 1.31. The number of benzene rings is 1. The van der Waals surface area contributed by atoms with E-state index in [1.807, 2.05) is 5.38 Å². The highest BCUT2D eigenvalue weighted by Crippen LogP contribution is 2.35. The van der Waals surface area contributed by atoms with Crippen molar-refractivity contribution in [3.63, 3.8) is 0 Å². The predicted octanol–water partition coefficient (Wildman–Crippen LogP) is 2.43. The number of carbonyl (C=O) groups excluding carboxylic acids is 1. The number of ether oxygens (including phenoxy) is 1. The zero-order chi connectivity index (χ0) is 10.1. The number of aromatic hydroxyl groups is 1. The monoisotopic (exact) mass is 208 g/mol. The maximum absolute atomic E-state index is 10.6. The molecule has 0 radical (unpaired) electrons. The third-order valence-corrected chi connectivity index (χ3v) is 2.96. The third-order valence-electron chi connectivity index (χ3n) is 2.03. The Labute approximate surface area is 84.6 Å². The fraction of sp³-hybridized carbons (Fsp3) is 0.100. The highest BCUT2D eigenvalue weighted by atomic mass is 32.1. The van der Waals surface area contributed by atoms with Gasteiger partial charge in [0.2, 0.25) is 0 Å². The molecule has 0 aliphatic rings. The van der Waals surface area contributed by atoms with Crippen LogP contribution in [0.5, 0.6) is 11.5 Å². The molecule has 2 rings (SSSR count). The topological polar surface area (TPSA) is 46.5 Å². The Balaban J connectivity index is 2.75. The van der Waals surface area contributed by atoms with Crippen LogP contribution < -0.4 is 4.74 Å². The van der Waals surface area contributed by atoms with Crippen LogP contribution in [-0.2, 0) is 0 Å². The minimum atomic E-state index is -0.01000. The highest BCUT2D eigenvalue weighted by Gasteiger charge is 2.08. The molecule has 0 unspecified atom stereocenters. The van der Waals surface area contributed by atoms with Crippen molar-refractivity contribution in [3.05, 3.63) is 23.1 Å². The predicted molar refractivity (Wildman–Crippen MR) is 55.4 cm³/mol. The second-order valence-electron chi connectivity index (χ2n) is 2.83. The summed E-state index contributed by atoms with van der Waals surface area (Å²) in [5.74, 6) is 0.710. The van der Waals surface area contributed by atoms with Gasteiger partial charge >= 0.3 is 0 Å². The summed E-state index contributed by atoms with van der Waals surface area (Å²) in [6.07, 6.45) is 0.640. The van der Waals surface area contributed by atoms with E-state index < -0.39 is 0 Å². The van der Waals surface area contributed by atoms with E-state index in [1.165, 1.54) is 11.3 Å². The van der Waals surface area contributed by atoms with Gasteiger partial charge in [-0.25, -0.2) is 0 Å². The molecule has 0 aliphatic carbocycles. The Morgan fingerprint density at radius 3 is 2.93 bits per heavy atom. The van der Waals surface area contributed by atoms with Crippen LogP contribution in [0.15, 0.2) is 17.5 Å². The van der Waals surface area contributed by atoms with Crippen molar-refractivity contribution in [1.29, 1.82) is 0 Å². The molecule has 0 bridgehead atoms. The largest absolute Gasteiger partial charge is 0.507 e. The normalized spacial score (nSPS) is 10.4. The molecule has 0 saturated heterocycles. The molecule has 72 valence electrons. The van der Waals surface area contributed by atoms with Crippen molar-refractivity contribution in [3.8, 4) is 11.5 Å². The van der Waals surface area contributed by atoms with Crippen LogP contribution in [0, 0.1) is 0 Å². The molecule has 4 heteroatoms. The molecular weight excluding hydrogens is 200 g/mol. The molecule has 0 aliphatic heterocycles. The Morgan fingerprint density at radius 2 is 2.29 bits per heavy atom. The Kier molecular flexibility index (Phi) is 2.13. The summed E-state index contributed by atoms with van der Waals surface area (Å²) in [7, 11) is 1.58. The van der Waals surface area contributed by atoms with Gasteiger partial charge in [-0.15, -0.1) is 11.3 Å². The molecule has 3 nitrogen and oxygen atoms in total. The summed E-state index contributed by atoms with van der Waals surface area (Å²) in [6.45, 7) is 0. The van der Waals surface area contributed by atoms with Gasteiger partial charge in [-0.2, -0.15) is 0 Å². The van der Waals surface area contributed by atoms with Gasteiger partial charge in [0.25, 0.3) is 0 Å². The zero-order valence-electron chi connectivity index (χ0n) is 7.48. The molecule has 0 amide bonds. The molecule has 1 aromatic heterocycles. The Hall–Kier alpha value is -1.55. The van der Waals surface area contributed by atoms with Crippen LogP contribution in [0.1, 0.15) is 10.4 Å². The molecule has 1 N–H and O–H groups in total. The third kappa shape index (κ3) is 1.24. The lowest BCUT2D eigenvalue weighted by Crippen LogP contribution is -1.82. The number of thiophene rings is 1. The molecule has 2 aromatic rings. The number of hydrogen-bond donors (Lipinski definition) is 1. The molecular formula is C10H8O3S. The second kappa shape index (κ2) is 3.31.